The van der Waals surface area contributed by atoms with Gasteiger partial charge in [0, 0.05) is 30.4 Å². The van der Waals surface area contributed by atoms with E-state index in [2.05, 4.69) is 24.9 Å². The summed E-state index contributed by atoms with van der Waals surface area (Å²) in [7, 11) is 0. The van der Waals surface area contributed by atoms with Gasteiger partial charge in [0.05, 0.1) is 16.8 Å². The maximum Gasteiger partial charge on any atom is 0.220 e. The first-order valence-corrected chi connectivity index (χ1v) is 7.39. The summed E-state index contributed by atoms with van der Waals surface area (Å²) in [6.45, 7) is 0.372. The highest BCUT2D eigenvalue weighted by atomic mass is 16.5. The van der Waals surface area contributed by atoms with Crippen molar-refractivity contribution in [2.24, 2.45) is 0 Å². The standard InChI is InChI=1S/C17H14N6O/c18-17-21-7-4-13(23-17)12-9-22-16-15(12)14(5-8-20-16)24-10-11-3-1-2-6-19-11/h1-9H,10H2,(H,20,22)(H2,18,21,23). The van der Waals surface area contributed by atoms with Crippen molar-refractivity contribution in [3.05, 3.63) is 60.8 Å². The summed E-state index contributed by atoms with van der Waals surface area (Å²) >= 11 is 0. The molecule has 0 radical (unpaired) electrons. The second-order valence-corrected chi connectivity index (χ2v) is 5.14. The van der Waals surface area contributed by atoms with Crippen LogP contribution >= 0.6 is 0 Å². The first-order chi connectivity index (χ1) is 11.8. The van der Waals surface area contributed by atoms with Gasteiger partial charge in [-0.05, 0) is 24.3 Å². The zero-order valence-corrected chi connectivity index (χ0v) is 12.7. The molecule has 4 heterocycles. The molecular formula is C17H14N6O. The highest BCUT2D eigenvalue weighted by Crippen LogP contribution is 2.33. The fourth-order valence-electron chi connectivity index (χ4n) is 2.51. The van der Waals surface area contributed by atoms with Crippen LogP contribution in [0.25, 0.3) is 22.3 Å². The third-order valence-corrected chi connectivity index (χ3v) is 3.59. The Morgan fingerprint density at radius 2 is 1.92 bits per heavy atom. The number of ether oxygens (including phenoxy) is 1. The lowest BCUT2D eigenvalue weighted by Gasteiger charge is -2.08. The van der Waals surface area contributed by atoms with E-state index in [0.29, 0.717) is 18.1 Å². The Hall–Kier alpha value is -3.48. The lowest BCUT2D eigenvalue weighted by molar-refractivity contribution is 0.305. The van der Waals surface area contributed by atoms with Gasteiger partial charge in [-0.3, -0.25) is 4.98 Å². The zero-order chi connectivity index (χ0) is 16.4. The van der Waals surface area contributed by atoms with Crippen molar-refractivity contribution in [2.75, 3.05) is 5.73 Å². The van der Waals surface area contributed by atoms with Gasteiger partial charge in [0.25, 0.3) is 0 Å². The van der Waals surface area contributed by atoms with E-state index in [1.807, 2.05) is 30.5 Å². The normalized spacial score (nSPS) is 10.8. The zero-order valence-electron chi connectivity index (χ0n) is 12.7. The molecule has 0 aliphatic carbocycles. The summed E-state index contributed by atoms with van der Waals surface area (Å²) < 4.78 is 5.96. The molecule has 0 atom stereocenters. The van der Waals surface area contributed by atoms with Crippen molar-refractivity contribution in [1.29, 1.82) is 0 Å². The molecule has 0 unspecified atom stereocenters. The fourth-order valence-corrected chi connectivity index (χ4v) is 2.51. The predicted octanol–water partition coefficient (Wildman–Crippen LogP) is 2.58. The van der Waals surface area contributed by atoms with E-state index in [1.54, 1.807) is 24.7 Å². The number of anilines is 1. The molecule has 0 aliphatic rings. The quantitative estimate of drug-likeness (QED) is 0.599. The highest BCUT2D eigenvalue weighted by Gasteiger charge is 2.14. The van der Waals surface area contributed by atoms with Gasteiger partial charge in [0.15, 0.2) is 0 Å². The van der Waals surface area contributed by atoms with Gasteiger partial charge in [-0.15, -0.1) is 0 Å². The summed E-state index contributed by atoms with van der Waals surface area (Å²) in [5.74, 6) is 0.931. The van der Waals surface area contributed by atoms with Crippen molar-refractivity contribution in [3.63, 3.8) is 0 Å². The Morgan fingerprint density at radius 3 is 2.75 bits per heavy atom. The third kappa shape index (κ3) is 2.63. The summed E-state index contributed by atoms with van der Waals surface area (Å²) in [4.78, 5) is 20.0. The van der Waals surface area contributed by atoms with Crippen LogP contribution in [0.5, 0.6) is 5.75 Å². The molecule has 0 spiro atoms. The number of rotatable bonds is 4. The Kier molecular flexibility index (Phi) is 3.51. The van der Waals surface area contributed by atoms with Crippen LogP contribution in [-0.4, -0.2) is 24.9 Å². The van der Waals surface area contributed by atoms with Crippen LogP contribution in [0.4, 0.5) is 5.95 Å². The van der Waals surface area contributed by atoms with Crippen molar-refractivity contribution in [2.45, 2.75) is 6.61 Å². The molecule has 0 saturated carbocycles. The molecule has 0 bridgehead atoms. The summed E-state index contributed by atoms with van der Waals surface area (Å²) in [6.07, 6.45) is 6.91. The largest absolute Gasteiger partial charge is 0.486 e. The maximum absolute atomic E-state index is 5.96. The van der Waals surface area contributed by atoms with E-state index < -0.39 is 0 Å². The monoisotopic (exact) mass is 318 g/mol. The predicted molar refractivity (Wildman–Crippen MR) is 90.1 cm³/mol. The second kappa shape index (κ2) is 5.96. The van der Waals surface area contributed by atoms with Crippen LogP contribution in [-0.2, 0) is 6.61 Å². The summed E-state index contributed by atoms with van der Waals surface area (Å²) in [6, 6.07) is 9.35. The molecule has 3 N–H and O–H groups in total. The second-order valence-electron chi connectivity index (χ2n) is 5.14. The average Bonchev–Trinajstić information content (AvgIpc) is 3.05. The number of H-pyrrole nitrogens is 1. The van der Waals surface area contributed by atoms with Gasteiger partial charge in [0.1, 0.15) is 18.0 Å². The molecule has 7 heteroatoms. The highest BCUT2D eigenvalue weighted by molar-refractivity contribution is 5.97. The average molecular weight is 318 g/mol. The van der Waals surface area contributed by atoms with Gasteiger partial charge in [0.2, 0.25) is 5.95 Å². The molecule has 0 amide bonds. The topological polar surface area (TPSA) is 103 Å². The van der Waals surface area contributed by atoms with Crippen LogP contribution in [0, 0.1) is 0 Å². The number of hydrogen-bond acceptors (Lipinski definition) is 6. The lowest BCUT2D eigenvalue weighted by atomic mass is 10.1. The Morgan fingerprint density at radius 1 is 1.00 bits per heavy atom. The number of nitrogens with two attached hydrogens (primary N) is 1. The summed E-state index contributed by atoms with van der Waals surface area (Å²) in [5, 5.41) is 0.853. The van der Waals surface area contributed by atoms with E-state index in [-0.39, 0.29) is 5.95 Å². The van der Waals surface area contributed by atoms with E-state index in [4.69, 9.17) is 10.5 Å². The van der Waals surface area contributed by atoms with Crippen molar-refractivity contribution in [1.82, 2.24) is 24.9 Å². The molecule has 0 aliphatic heterocycles. The first kappa shape index (κ1) is 14.1. The smallest absolute Gasteiger partial charge is 0.220 e. The van der Waals surface area contributed by atoms with E-state index in [9.17, 15) is 0 Å². The fraction of sp³-hybridized carbons (Fsp3) is 0.0588. The number of fused-ring (bicyclic) bond motifs is 1. The van der Waals surface area contributed by atoms with Gasteiger partial charge < -0.3 is 15.5 Å². The number of pyridine rings is 2. The number of nitrogens with zero attached hydrogens (tertiary/aromatic N) is 4. The molecule has 0 fully saturated rings. The molecule has 118 valence electrons. The number of hydrogen-bond donors (Lipinski definition) is 2. The minimum Gasteiger partial charge on any atom is -0.486 e. The van der Waals surface area contributed by atoms with Crippen LogP contribution in [0.2, 0.25) is 0 Å². The lowest BCUT2D eigenvalue weighted by Crippen LogP contribution is -1.99. The minimum atomic E-state index is 0.224. The Labute approximate surface area is 137 Å². The van der Waals surface area contributed by atoms with Crippen LogP contribution in [0.15, 0.2) is 55.1 Å². The molecular weight excluding hydrogens is 304 g/mol. The number of aromatic amines is 1. The maximum atomic E-state index is 5.96. The van der Waals surface area contributed by atoms with Crippen LogP contribution in [0.1, 0.15) is 5.69 Å². The third-order valence-electron chi connectivity index (χ3n) is 3.59. The molecule has 4 aromatic heterocycles. The van der Waals surface area contributed by atoms with Gasteiger partial charge >= 0.3 is 0 Å². The molecule has 4 rings (SSSR count). The Balaban J connectivity index is 1.74. The first-order valence-electron chi connectivity index (χ1n) is 7.39. The molecule has 7 nitrogen and oxygen atoms in total. The summed E-state index contributed by atoms with van der Waals surface area (Å²) in [5.41, 5.74) is 8.85. The SMILES string of the molecule is Nc1nccc(-c2c[nH]c3nccc(OCc4ccccn4)c23)n1. The number of nitrogens with one attached hydrogen (secondary N) is 1. The van der Waals surface area contributed by atoms with Crippen LogP contribution in [0.3, 0.4) is 0 Å². The van der Waals surface area contributed by atoms with Crippen molar-refractivity contribution < 1.29 is 4.74 Å². The van der Waals surface area contributed by atoms with E-state index in [0.717, 1.165) is 22.3 Å². The number of aromatic nitrogens is 5. The molecule has 4 aromatic rings. The minimum absolute atomic E-state index is 0.224. The van der Waals surface area contributed by atoms with Gasteiger partial charge in [-0.25, -0.2) is 15.0 Å². The van der Waals surface area contributed by atoms with Crippen molar-refractivity contribution >= 4 is 17.0 Å². The van der Waals surface area contributed by atoms with Gasteiger partial charge in [-0.2, -0.15) is 0 Å². The molecule has 0 saturated heterocycles. The van der Waals surface area contributed by atoms with Gasteiger partial charge in [-0.1, -0.05) is 6.07 Å². The molecule has 0 aromatic carbocycles. The van der Waals surface area contributed by atoms with E-state index >= 15 is 0 Å². The number of nitrogen functional groups attached to an aromatic ring is 1. The van der Waals surface area contributed by atoms with Crippen LogP contribution < -0.4 is 10.5 Å². The van der Waals surface area contributed by atoms with E-state index in [1.165, 1.54) is 0 Å². The Bertz CT molecular complexity index is 983. The molecule has 24 heavy (non-hydrogen) atoms. The van der Waals surface area contributed by atoms with Crippen molar-refractivity contribution in [3.8, 4) is 17.0 Å².